The lowest BCUT2D eigenvalue weighted by atomic mass is 9.85. The molecule has 5 heteroatoms. The summed E-state index contributed by atoms with van der Waals surface area (Å²) < 4.78 is 7.59. The van der Waals surface area contributed by atoms with E-state index < -0.39 is 0 Å². The highest BCUT2D eigenvalue weighted by atomic mass is 35.5. The van der Waals surface area contributed by atoms with Crippen molar-refractivity contribution in [3.05, 3.63) is 16.4 Å². The summed E-state index contributed by atoms with van der Waals surface area (Å²) in [5.74, 6) is 0. The van der Waals surface area contributed by atoms with Gasteiger partial charge in [-0.2, -0.15) is 5.10 Å². The maximum atomic E-state index is 6.34. The van der Waals surface area contributed by atoms with Crippen LogP contribution in [0.1, 0.15) is 37.4 Å². The molecule has 1 aromatic rings. The Balaban J connectivity index is 2.13. The summed E-state index contributed by atoms with van der Waals surface area (Å²) in [7, 11) is 1.85. The molecule has 1 aliphatic rings. The van der Waals surface area contributed by atoms with E-state index in [0.29, 0.717) is 5.15 Å². The van der Waals surface area contributed by atoms with E-state index in [2.05, 4.69) is 12.0 Å². The maximum absolute atomic E-state index is 6.34. The largest absolute Gasteiger partial charge is 0.374 e. The number of aromatic nitrogens is 2. The molecular weight excluding hydrogens is 250 g/mol. The van der Waals surface area contributed by atoms with Crippen LogP contribution in [0.2, 0.25) is 5.15 Å². The van der Waals surface area contributed by atoms with Gasteiger partial charge in [-0.05, 0) is 39.5 Å². The molecule has 0 spiro atoms. The van der Waals surface area contributed by atoms with E-state index in [1.807, 2.05) is 14.0 Å². The van der Waals surface area contributed by atoms with Crippen LogP contribution in [-0.2, 0) is 18.2 Å². The van der Waals surface area contributed by atoms with Gasteiger partial charge < -0.3 is 10.5 Å². The van der Waals surface area contributed by atoms with Gasteiger partial charge in [0.2, 0.25) is 0 Å². The highest BCUT2D eigenvalue weighted by Crippen LogP contribution is 2.30. The summed E-state index contributed by atoms with van der Waals surface area (Å²) in [4.78, 5) is 0. The molecule has 4 nitrogen and oxygen atoms in total. The van der Waals surface area contributed by atoms with Gasteiger partial charge in [0, 0.05) is 25.3 Å². The molecule has 0 aliphatic carbocycles. The van der Waals surface area contributed by atoms with Crippen molar-refractivity contribution in [2.75, 3.05) is 6.61 Å². The van der Waals surface area contributed by atoms with E-state index >= 15 is 0 Å². The predicted octanol–water partition coefficient (Wildman–Crippen LogP) is 2.21. The third-order valence-corrected chi connectivity index (χ3v) is 4.45. The summed E-state index contributed by atoms with van der Waals surface area (Å²) in [6.07, 6.45) is 4.05. The number of hydrogen-bond donors (Lipinski definition) is 1. The highest BCUT2D eigenvalue weighted by Gasteiger charge is 2.35. The molecular formula is C13H22ClN3O. The summed E-state index contributed by atoms with van der Waals surface area (Å²) >= 11 is 6.25. The zero-order valence-corrected chi connectivity index (χ0v) is 12.1. The van der Waals surface area contributed by atoms with E-state index in [4.69, 9.17) is 22.1 Å². The first-order valence-electron chi connectivity index (χ1n) is 6.51. The SMILES string of the molecule is Cc1nn(C)c(Cl)c1CC(N)C1(C)CCCCO1. The average Bonchev–Trinajstić information content (AvgIpc) is 2.57. The van der Waals surface area contributed by atoms with Crippen LogP contribution in [0.4, 0.5) is 0 Å². The van der Waals surface area contributed by atoms with Gasteiger partial charge in [0.1, 0.15) is 5.15 Å². The van der Waals surface area contributed by atoms with Gasteiger partial charge >= 0.3 is 0 Å². The highest BCUT2D eigenvalue weighted by molar-refractivity contribution is 6.30. The van der Waals surface area contributed by atoms with E-state index in [9.17, 15) is 0 Å². The van der Waals surface area contributed by atoms with Crippen molar-refractivity contribution >= 4 is 11.6 Å². The third kappa shape index (κ3) is 2.56. The minimum Gasteiger partial charge on any atom is -0.374 e. The first-order valence-corrected chi connectivity index (χ1v) is 6.89. The predicted molar refractivity (Wildman–Crippen MR) is 72.8 cm³/mol. The molecule has 1 aromatic heterocycles. The average molecular weight is 272 g/mol. The van der Waals surface area contributed by atoms with Crippen LogP contribution in [0.5, 0.6) is 0 Å². The lowest BCUT2D eigenvalue weighted by molar-refractivity contribution is -0.0808. The van der Waals surface area contributed by atoms with Crippen molar-refractivity contribution in [3.63, 3.8) is 0 Å². The molecule has 18 heavy (non-hydrogen) atoms. The smallest absolute Gasteiger partial charge is 0.130 e. The Bertz CT molecular complexity index is 424. The first kappa shape index (κ1) is 13.8. The van der Waals surface area contributed by atoms with Crippen molar-refractivity contribution < 1.29 is 4.74 Å². The van der Waals surface area contributed by atoms with Crippen molar-refractivity contribution in [2.45, 2.75) is 51.2 Å². The Morgan fingerprint density at radius 2 is 2.28 bits per heavy atom. The van der Waals surface area contributed by atoms with E-state index in [-0.39, 0.29) is 11.6 Å². The minimum atomic E-state index is -0.232. The molecule has 1 aliphatic heterocycles. The molecule has 102 valence electrons. The van der Waals surface area contributed by atoms with Crippen molar-refractivity contribution in [2.24, 2.45) is 12.8 Å². The number of nitrogens with two attached hydrogens (primary N) is 1. The number of aryl methyl sites for hydroxylation is 2. The van der Waals surface area contributed by atoms with Crippen molar-refractivity contribution in [3.8, 4) is 0 Å². The summed E-state index contributed by atoms with van der Waals surface area (Å²) in [6, 6.07) is -0.0433. The standard InChI is InChI=1S/C13H22ClN3O/c1-9-10(12(14)17(3)16-9)8-11(15)13(2)6-4-5-7-18-13/h11H,4-8,15H2,1-3H3. The molecule has 2 N–H and O–H groups in total. The number of rotatable bonds is 3. The van der Waals surface area contributed by atoms with Gasteiger partial charge in [-0.1, -0.05) is 11.6 Å². The van der Waals surface area contributed by atoms with Crippen LogP contribution >= 0.6 is 11.6 Å². The molecule has 1 fully saturated rings. The lowest BCUT2D eigenvalue weighted by Crippen LogP contribution is -2.50. The second-order valence-electron chi connectivity index (χ2n) is 5.41. The maximum Gasteiger partial charge on any atom is 0.130 e. The minimum absolute atomic E-state index is 0.0433. The fourth-order valence-electron chi connectivity index (χ4n) is 2.59. The Labute approximate surface area is 113 Å². The van der Waals surface area contributed by atoms with Crippen LogP contribution in [-0.4, -0.2) is 28.0 Å². The molecule has 2 heterocycles. The Morgan fingerprint density at radius 1 is 1.56 bits per heavy atom. The van der Waals surface area contributed by atoms with Crippen molar-refractivity contribution in [1.29, 1.82) is 0 Å². The number of nitrogens with zero attached hydrogens (tertiary/aromatic N) is 2. The fraction of sp³-hybridized carbons (Fsp3) is 0.769. The topological polar surface area (TPSA) is 53.1 Å². The van der Waals surface area contributed by atoms with Gasteiger partial charge in [0.25, 0.3) is 0 Å². The Morgan fingerprint density at radius 3 is 2.78 bits per heavy atom. The van der Waals surface area contributed by atoms with Crippen LogP contribution in [0, 0.1) is 6.92 Å². The molecule has 1 saturated heterocycles. The van der Waals surface area contributed by atoms with Gasteiger partial charge in [0.05, 0.1) is 11.3 Å². The summed E-state index contributed by atoms with van der Waals surface area (Å²) in [6.45, 7) is 4.89. The number of ether oxygens (including phenoxy) is 1. The first-order chi connectivity index (χ1) is 8.44. The normalized spacial score (nSPS) is 26.3. The monoisotopic (exact) mass is 271 g/mol. The Kier molecular flexibility index (Phi) is 3.99. The van der Waals surface area contributed by atoms with Gasteiger partial charge in [0.15, 0.2) is 0 Å². The lowest BCUT2D eigenvalue weighted by Gasteiger charge is -2.38. The Hall–Kier alpha value is -0.580. The third-order valence-electron chi connectivity index (χ3n) is 3.98. The summed E-state index contributed by atoms with van der Waals surface area (Å²) in [5.41, 5.74) is 8.11. The van der Waals surface area contributed by atoms with Gasteiger partial charge in [-0.15, -0.1) is 0 Å². The fourth-order valence-corrected chi connectivity index (χ4v) is 2.84. The molecule has 0 amide bonds. The number of halogens is 1. The molecule has 0 bridgehead atoms. The van der Waals surface area contributed by atoms with E-state index in [0.717, 1.165) is 37.1 Å². The van der Waals surface area contributed by atoms with E-state index in [1.165, 1.54) is 6.42 Å². The van der Waals surface area contributed by atoms with Gasteiger partial charge in [-0.25, -0.2) is 0 Å². The second kappa shape index (κ2) is 5.19. The molecule has 0 aromatic carbocycles. The summed E-state index contributed by atoms with van der Waals surface area (Å²) in [5, 5.41) is 5.00. The van der Waals surface area contributed by atoms with Crippen LogP contribution in [0.15, 0.2) is 0 Å². The van der Waals surface area contributed by atoms with Crippen LogP contribution in [0.25, 0.3) is 0 Å². The molecule has 0 saturated carbocycles. The quantitative estimate of drug-likeness (QED) is 0.917. The zero-order chi connectivity index (χ0) is 13.3. The molecule has 2 rings (SSSR count). The van der Waals surface area contributed by atoms with Crippen LogP contribution in [0.3, 0.4) is 0 Å². The van der Waals surface area contributed by atoms with Crippen molar-refractivity contribution in [1.82, 2.24) is 9.78 Å². The van der Waals surface area contributed by atoms with Crippen LogP contribution < -0.4 is 5.73 Å². The molecule has 2 atom stereocenters. The molecule has 2 unspecified atom stereocenters. The zero-order valence-electron chi connectivity index (χ0n) is 11.4. The number of hydrogen-bond acceptors (Lipinski definition) is 3. The molecule has 0 radical (unpaired) electrons. The second-order valence-corrected chi connectivity index (χ2v) is 5.77. The van der Waals surface area contributed by atoms with E-state index in [1.54, 1.807) is 4.68 Å². The van der Waals surface area contributed by atoms with Gasteiger partial charge in [-0.3, -0.25) is 4.68 Å².